The second kappa shape index (κ2) is 4.44. The highest BCUT2D eigenvalue weighted by atomic mass is 16.7. The molecule has 0 spiro atoms. The number of hydrogen-bond acceptors (Lipinski definition) is 5. The van der Waals surface area contributed by atoms with E-state index in [1.54, 1.807) is 0 Å². The van der Waals surface area contributed by atoms with E-state index in [0.717, 1.165) is 11.1 Å². The predicted octanol–water partition coefficient (Wildman–Crippen LogP) is -0.0224. The van der Waals surface area contributed by atoms with E-state index >= 15 is 0 Å². The van der Waals surface area contributed by atoms with Crippen molar-refractivity contribution in [1.82, 2.24) is 10.2 Å². The monoisotopic (exact) mass is 242 g/mol. The van der Waals surface area contributed by atoms with Crippen LogP contribution in [-0.4, -0.2) is 42.8 Å². The van der Waals surface area contributed by atoms with Crippen LogP contribution in [0.1, 0.15) is 13.8 Å². The summed E-state index contributed by atoms with van der Waals surface area (Å²) in [6.45, 7) is 2.89. The summed E-state index contributed by atoms with van der Waals surface area (Å²) >= 11 is 0. The fraction of sp³-hybridized carbons (Fsp3) is 0.500. The topological polar surface area (TPSA) is 84.9 Å². The standard InChI is InChI=1S/C10H14N2O5/c1-10(2)16-7(13)6(8(14)17-10)5-12(4)9(15)11-3/h5H,1-4H3,(H,11,15). The maximum absolute atomic E-state index is 11.5. The molecule has 1 N–H and O–H groups in total. The zero-order chi connectivity index (χ0) is 13.2. The van der Waals surface area contributed by atoms with Crippen LogP contribution < -0.4 is 5.32 Å². The van der Waals surface area contributed by atoms with Crippen molar-refractivity contribution in [3.63, 3.8) is 0 Å². The molecule has 1 saturated heterocycles. The van der Waals surface area contributed by atoms with Crippen molar-refractivity contribution in [2.45, 2.75) is 19.6 Å². The lowest BCUT2D eigenvalue weighted by Gasteiger charge is -2.30. The third-order valence-corrected chi connectivity index (χ3v) is 1.97. The highest BCUT2D eigenvalue weighted by Gasteiger charge is 2.39. The minimum atomic E-state index is -1.28. The van der Waals surface area contributed by atoms with E-state index in [0.29, 0.717) is 0 Å². The van der Waals surface area contributed by atoms with Crippen molar-refractivity contribution in [3.05, 3.63) is 11.8 Å². The van der Waals surface area contributed by atoms with Gasteiger partial charge >= 0.3 is 18.0 Å². The van der Waals surface area contributed by atoms with Gasteiger partial charge in [0.25, 0.3) is 5.79 Å². The van der Waals surface area contributed by atoms with Gasteiger partial charge in [0, 0.05) is 34.1 Å². The van der Waals surface area contributed by atoms with Gasteiger partial charge in [0.15, 0.2) is 5.57 Å². The van der Waals surface area contributed by atoms with Crippen molar-refractivity contribution in [3.8, 4) is 0 Å². The normalized spacial score (nSPS) is 18.0. The van der Waals surface area contributed by atoms with Gasteiger partial charge in [-0.05, 0) is 0 Å². The Bertz CT molecular complexity index is 378. The summed E-state index contributed by atoms with van der Waals surface area (Å²) in [6, 6.07) is -0.470. The van der Waals surface area contributed by atoms with E-state index in [2.05, 4.69) is 5.32 Å². The molecule has 7 heteroatoms. The molecule has 7 nitrogen and oxygen atoms in total. The maximum atomic E-state index is 11.5. The van der Waals surface area contributed by atoms with E-state index in [1.165, 1.54) is 27.9 Å². The molecule has 0 aromatic rings. The minimum absolute atomic E-state index is 0.324. The molecule has 1 aliphatic rings. The second-order valence-electron chi connectivity index (χ2n) is 3.89. The van der Waals surface area contributed by atoms with Crippen molar-refractivity contribution >= 4 is 18.0 Å². The number of cyclic esters (lactones) is 2. The van der Waals surface area contributed by atoms with Crippen LogP contribution in [0.2, 0.25) is 0 Å². The number of carbonyl (C=O) groups is 3. The third kappa shape index (κ3) is 2.96. The van der Waals surface area contributed by atoms with Crippen LogP contribution >= 0.6 is 0 Å². The number of esters is 2. The van der Waals surface area contributed by atoms with E-state index in [-0.39, 0.29) is 5.57 Å². The number of nitrogens with zero attached hydrogens (tertiary/aromatic N) is 1. The number of carbonyl (C=O) groups excluding carboxylic acids is 3. The fourth-order valence-corrected chi connectivity index (χ4v) is 1.19. The van der Waals surface area contributed by atoms with Gasteiger partial charge in [0.05, 0.1) is 0 Å². The smallest absolute Gasteiger partial charge is 0.350 e. The lowest BCUT2D eigenvalue weighted by molar-refractivity contribution is -0.222. The van der Waals surface area contributed by atoms with Crippen LogP contribution in [0.15, 0.2) is 11.8 Å². The average molecular weight is 242 g/mol. The molecule has 0 aromatic carbocycles. The molecule has 17 heavy (non-hydrogen) atoms. The minimum Gasteiger partial charge on any atom is -0.419 e. The van der Waals surface area contributed by atoms with Crippen LogP contribution in [-0.2, 0) is 19.1 Å². The summed E-state index contributed by atoms with van der Waals surface area (Å²) in [4.78, 5) is 35.3. The van der Waals surface area contributed by atoms with Gasteiger partial charge in [-0.15, -0.1) is 0 Å². The molecule has 1 aliphatic heterocycles. The van der Waals surface area contributed by atoms with Gasteiger partial charge < -0.3 is 19.7 Å². The summed E-state index contributed by atoms with van der Waals surface area (Å²) in [5.74, 6) is -2.92. The number of hydrogen-bond donors (Lipinski definition) is 1. The van der Waals surface area contributed by atoms with Gasteiger partial charge in [-0.1, -0.05) is 0 Å². The SMILES string of the molecule is CNC(=O)N(C)C=C1C(=O)OC(C)(C)OC1=O. The molecule has 1 heterocycles. The van der Waals surface area contributed by atoms with Crippen LogP contribution in [0, 0.1) is 0 Å². The number of amides is 2. The molecule has 0 aliphatic carbocycles. The summed E-state index contributed by atoms with van der Waals surface area (Å²) in [5, 5.41) is 2.34. The highest BCUT2D eigenvalue weighted by molar-refractivity contribution is 6.15. The van der Waals surface area contributed by atoms with Crippen molar-refractivity contribution in [2.75, 3.05) is 14.1 Å². The summed E-state index contributed by atoms with van der Waals surface area (Å²) in [6.07, 6.45) is 1.07. The van der Waals surface area contributed by atoms with Gasteiger partial charge in [-0.3, -0.25) is 0 Å². The lowest BCUT2D eigenvalue weighted by Crippen LogP contribution is -2.43. The van der Waals surface area contributed by atoms with Gasteiger partial charge in [0.2, 0.25) is 0 Å². The molecule has 0 saturated carbocycles. The molecule has 0 bridgehead atoms. The Morgan fingerprint density at radius 3 is 2.18 bits per heavy atom. The van der Waals surface area contributed by atoms with Gasteiger partial charge in [0.1, 0.15) is 0 Å². The number of urea groups is 1. The number of nitrogens with one attached hydrogen (secondary N) is 1. The first-order valence-electron chi connectivity index (χ1n) is 4.90. The van der Waals surface area contributed by atoms with Crippen LogP contribution in [0.4, 0.5) is 4.79 Å². The van der Waals surface area contributed by atoms with Crippen molar-refractivity contribution < 1.29 is 23.9 Å². The second-order valence-corrected chi connectivity index (χ2v) is 3.89. The van der Waals surface area contributed by atoms with E-state index in [1.807, 2.05) is 0 Å². The fourth-order valence-electron chi connectivity index (χ4n) is 1.19. The Hall–Kier alpha value is -2.05. The van der Waals surface area contributed by atoms with E-state index < -0.39 is 23.8 Å². The Labute approximate surface area is 98.3 Å². The van der Waals surface area contributed by atoms with Crippen LogP contribution in [0.25, 0.3) is 0 Å². The average Bonchev–Trinajstić information content (AvgIpc) is 2.20. The van der Waals surface area contributed by atoms with E-state index in [9.17, 15) is 14.4 Å². The number of rotatable bonds is 1. The maximum Gasteiger partial charge on any atom is 0.350 e. The Morgan fingerprint density at radius 1 is 1.29 bits per heavy atom. The molecular formula is C10H14N2O5. The highest BCUT2D eigenvalue weighted by Crippen LogP contribution is 2.22. The first-order chi connectivity index (χ1) is 7.76. The molecule has 0 radical (unpaired) electrons. The summed E-state index contributed by atoms with van der Waals surface area (Å²) < 4.78 is 9.72. The van der Waals surface area contributed by atoms with Crippen LogP contribution in [0.3, 0.4) is 0 Å². The molecule has 2 amide bonds. The first kappa shape index (κ1) is 13.0. The Balaban J connectivity index is 2.92. The summed E-state index contributed by atoms with van der Waals surface area (Å²) in [5.41, 5.74) is -0.324. The van der Waals surface area contributed by atoms with E-state index in [4.69, 9.17) is 9.47 Å². The number of ether oxygens (including phenoxy) is 2. The van der Waals surface area contributed by atoms with Gasteiger partial charge in [-0.25, -0.2) is 14.4 Å². The Morgan fingerprint density at radius 2 is 1.76 bits per heavy atom. The molecule has 0 atom stereocenters. The molecular weight excluding hydrogens is 228 g/mol. The van der Waals surface area contributed by atoms with Gasteiger partial charge in [-0.2, -0.15) is 0 Å². The largest absolute Gasteiger partial charge is 0.419 e. The molecule has 0 unspecified atom stereocenters. The van der Waals surface area contributed by atoms with Crippen LogP contribution in [0.5, 0.6) is 0 Å². The quantitative estimate of drug-likeness (QED) is 0.397. The zero-order valence-corrected chi connectivity index (χ0v) is 10.1. The molecule has 1 fully saturated rings. The lowest BCUT2D eigenvalue weighted by atomic mass is 10.2. The predicted molar refractivity (Wildman–Crippen MR) is 56.6 cm³/mol. The molecule has 1 rings (SSSR count). The first-order valence-corrected chi connectivity index (χ1v) is 4.90. The summed E-state index contributed by atoms with van der Waals surface area (Å²) in [7, 11) is 2.82. The van der Waals surface area contributed by atoms with Crippen molar-refractivity contribution in [1.29, 1.82) is 0 Å². The zero-order valence-electron chi connectivity index (χ0n) is 10.1. The molecule has 0 aromatic heterocycles. The van der Waals surface area contributed by atoms with Crippen molar-refractivity contribution in [2.24, 2.45) is 0 Å². The third-order valence-electron chi connectivity index (χ3n) is 1.97. The Kier molecular flexibility index (Phi) is 3.40. The molecule has 94 valence electrons.